The van der Waals surface area contributed by atoms with Crippen molar-refractivity contribution in [3.8, 4) is 0 Å². The Morgan fingerprint density at radius 1 is 1.27 bits per heavy atom. The van der Waals surface area contributed by atoms with Crippen LogP contribution >= 0.6 is 15.9 Å². The maximum absolute atomic E-state index is 12.6. The maximum atomic E-state index is 12.6. The van der Waals surface area contributed by atoms with Crippen molar-refractivity contribution in [2.24, 2.45) is 5.73 Å². The summed E-state index contributed by atoms with van der Waals surface area (Å²) >= 11 is 3.34. The Hall–Kier alpha value is -2.22. The molecule has 1 aromatic carbocycles. The average molecular weight is 421 g/mol. The summed E-state index contributed by atoms with van der Waals surface area (Å²) in [4.78, 5) is 41.0. The molecule has 3 rings (SSSR count). The first-order valence-electron chi connectivity index (χ1n) is 8.67. The lowest BCUT2D eigenvalue weighted by atomic mass is 9.81. The van der Waals surface area contributed by atoms with E-state index in [4.69, 9.17) is 5.73 Å². The van der Waals surface area contributed by atoms with E-state index in [0.29, 0.717) is 23.7 Å². The number of fused-ring (bicyclic) bond motifs is 1. The molecule has 2 aromatic rings. The van der Waals surface area contributed by atoms with E-state index >= 15 is 0 Å². The molecule has 0 spiro atoms. The first kappa shape index (κ1) is 18.6. The molecule has 0 saturated heterocycles. The van der Waals surface area contributed by atoms with Crippen molar-refractivity contribution in [1.82, 2.24) is 14.9 Å². The van der Waals surface area contributed by atoms with E-state index in [2.05, 4.69) is 26.2 Å². The quantitative estimate of drug-likeness (QED) is 0.769. The molecule has 3 N–H and O–H groups in total. The molecule has 1 aromatic heterocycles. The van der Waals surface area contributed by atoms with Gasteiger partial charge in [0.1, 0.15) is 5.54 Å². The Bertz CT molecular complexity index is 903. The van der Waals surface area contributed by atoms with Crippen LogP contribution in [-0.4, -0.2) is 26.9 Å². The lowest BCUT2D eigenvalue weighted by Gasteiger charge is -2.35. The van der Waals surface area contributed by atoms with Crippen LogP contribution in [0.4, 0.5) is 0 Å². The maximum Gasteiger partial charge on any atom is 0.261 e. The Labute approximate surface area is 159 Å². The van der Waals surface area contributed by atoms with E-state index < -0.39 is 11.4 Å². The summed E-state index contributed by atoms with van der Waals surface area (Å²) in [7, 11) is 0. The van der Waals surface area contributed by atoms with Gasteiger partial charge in [-0.1, -0.05) is 35.2 Å². The van der Waals surface area contributed by atoms with Gasteiger partial charge in [0, 0.05) is 17.4 Å². The van der Waals surface area contributed by atoms with Crippen molar-refractivity contribution in [1.29, 1.82) is 0 Å². The molecule has 138 valence electrons. The normalized spacial score (nSPS) is 16.3. The molecule has 0 bridgehead atoms. The van der Waals surface area contributed by atoms with Gasteiger partial charge in [-0.2, -0.15) is 0 Å². The average Bonchev–Trinajstić information content (AvgIpc) is 2.62. The van der Waals surface area contributed by atoms with Crippen LogP contribution in [0, 0.1) is 0 Å². The van der Waals surface area contributed by atoms with Crippen LogP contribution in [0.5, 0.6) is 0 Å². The van der Waals surface area contributed by atoms with Crippen LogP contribution in [0.1, 0.15) is 38.5 Å². The first-order valence-corrected chi connectivity index (χ1v) is 9.46. The molecule has 8 heteroatoms. The Balaban J connectivity index is 1.71. The van der Waals surface area contributed by atoms with E-state index in [-0.39, 0.29) is 24.4 Å². The van der Waals surface area contributed by atoms with Crippen LogP contribution in [0.15, 0.2) is 33.8 Å². The number of nitrogens with one attached hydrogen (secondary N) is 1. The topological polar surface area (TPSA) is 107 Å². The number of hydrogen-bond acceptors (Lipinski definition) is 4. The lowest BCUT2D eigenvalue weighted by molar-refractivity contribution is -0.133. The van der Waals surface area contributed by atoms with E-state index in [1.54, 1.807) is 12.1 Å². The molecule has 0 atom stereocenters. The summed E-state index contributed by atoms with van der Waals surface area (Å²) in [6, 6.07) is 5.29. The van der Waals surface area contributed by atoms with Gasteiger partial charge in [0.2, 0.25) is 11.8 Å². The summed E-state index contributed by atoms with van der Waals surface area (Å²) in [6.07, 6.45) is 5.43. The van der Waals surface area contributed by atoms with Crippen LogP contribution in [0.3, 0.4) is 0 Å². The van der Waals surface area contributed by atoms with Gasteiger partial charge < -0.3 is 11.1 Å². The van der Waals surface area contributed by atoms with Gasteiger partial charge in [0.25, 0.3) is 5.56 Å². The third-order valence-corrected chi connectivity index (χ3v) is 5.42. The number of carbonyl (C=O) groups excluding carboxylic acids is 2. The predicted octanol–water partition coefficient (Wildman–Crippen LogP) is 1.85. The number of nitrogens with zero attached hydrogens (tertiary/aromatic N) is 2. The minimum atomic E-state index is -0.952. The third kappa shape index (κ3) is 3.80. The molecule has 1 fully saturated rings. The minimum absolute atomic E-state index is 0.0795. The Kier molecular flexibility index (Phi) is 5.41. The van der Waals surface area contributed by atoms with Crippen LogP contribution in [-0.2, 0) is 16.1 Å². The fraction of sp³-hybridized carbons (Fsp3) is 0.444. The highest BCUT2D eigenvalue weighted by Crippen LogP contribution is 2.28. The zero-order valence-electron chi connectivity index (χ0n) is 14.3. The molecule has 0 aliphatic heterocycles. The summed E-state index contributed by atoms with van der Waals surface area (Å²) in [5.74, 6) is -0.771. The standard InChI is InChI=1S/C18H21BrN4O3/c19-12-4-5-14-13(10-12)16(25)23(11-21-14)9-6-15(24)22-18(17(20)26)7-2-1-3-8-18/h4-5,10-11H,1-3,6-9H2,(H2,20,26)(H,22,24). The molecular formula is C18H21BrN4O3. The van der Waals surface area contributed by atoms with Gasteiger partial charge in [-0.25, -0.2) is 4.98 Å². The number of benzene rings is 1. The van der Waals surface area contributed by atoms with Gasteiger partial charge in [-0.15, -0.1) is 0 Å². The monoisotopic (exact) mass is 420 g/mol. The van der Waals surface area contributed by atoms with Crippen molar-refractivity contribution >= 4 is 38.6 Å². The van der Waals surface area contributed by atoms with E-state index in [0.717, 1.165) is 23.7 Å². The molecular weight excluding hydrogens is 400 g/mol. The summed E-state index contributed by atoms with van der Waals surface area (Å²) in [5, 5.41) is 3.30. The summed E-state index contributed by atoms with van der Waals surface area (Å²) < 4.78 is 2.20. The second kappa shape index (κ2) is 7.57. The summed E-state index contributed by atoms with van der Waals surface area (Å²) in [6.45, 7) is 0.189. The van der Waals surface area contributed by atoms with Crippen molar-refractivity contribution < 1.29 is 9.59 Å². The molecule has 1 saturated carbocycles. The van der Waals surface area contributed by atoms with Crippen LogP contribution in [0.2, 0.25) is 0 Å². The van der Waals surface area contributed by atoms with Crippen molar-refractivity contribution in [2.45, 2.75) is 50.6 Å². The predicted molar refractivity (Wildman–Crippen MR) is 101 cm³/mol. The largest absolute Gasteiger partial charge is 0.368 e. The highest BCUT2D eigenvalue weighted by molar-refractivity contribution is 9.10. The van der Waals surface area contributed by atoms with Crippen molar-refractivity contribution in [3.63, 3.8) is 0 Å². The second-order valence-corrected chi connectivity index (χ2v) is 7.63. The fourth-order valence-electron chi connectivity index (χ4n) is 3.43. The van der Waals surface area contributed by atoms with Gasteiger partial charge >= 0.3 is 0 Å². The van der Waals surface area contributed by atoms with Gasteiger partial charge in [-0.05, 0) is 31.0 Å². The van der Waals surface area contributed by atoms with Crippen LogP contribution in [0.25, 0.3) is 10.9 Å². The SMILES string of the molecule is NC(=O)C1(NC(=O)CCn2cnc3ccc(Br)cc3c2=O)CCCCC1. The molecule has 0 radical (unpaired) electrons. The number of aryl methyl sites for hydroxylation is 1. The zero-order chi connectivity index (χ0) is 18.7. The number of carbonyl (C=O) groups is 2. The highest BCUT2D eigenvalue weighted by Gasteiger charge is 2.38. The molecule has 1 aliphatic carbocycles. The van der Waals surface area contributed by atoms with Gasteiger partial charge in [0.15, 0.2) is 0 Å². The van der Waals surface area contributed by atoms with Crippen molar-refractivity contribution in [3.05, 3.63) is 39.4 Å². The number of hydrogen-bond donors (Lipinski definition) is 2. The number of halogens is 1. The minimum Gasteiger partial charge on any atom is -0.368 e. The van der Waals surface area contributed by atoms with Crippen molar-refractivity contribution in [2.75, 3.05) is 0 Å². The lowest BCUT2D eigenvalue weighted by Crippen LogP contribution is -2.58. The fourth-order valence-corrected chi connectivity index (χ4v) is 3.79. The number of amides is 2. The molecule has 26 heavy (non-hydrogen) atoms. The smallest absolute Gasteiger partial charge is 0.261 e. The Morgan fingerprint density at radius 2 is 2.00 bits per heavy atom. The molecule has 1 heterocycles. The van der Waals surface area contributed by atoms with Crippen LogP contribution < -0.4 is 16.6 Å². The zero-order valence-corrected chi connectivity index (χ0v) is 15.9. The van der Waals surface area contributed by atoms with Gasteiger partial charge in [0.05, 0.1) is 17.2 Å². The Morgan fingerprint density at radius 3 is 2.69 bits per heavy atom. The van der Waals surface area contributed by atoms with E-state index in [9.17, 15) is 14.4 Å². The number of rotatable bonds is 5. The van der Waals surface area contributed by atoms with E-state index in [1.807, 2.05) is 6.07 Å². The molecule has 2 amide bonds. The molecule has 1 aliphatic rings. The number of nitrogens with two attached hydrogens (primary N) is 1. The molecule has 7 nitrogen and oxygen atoms in total. The number of aromatic nitrogens is 2. The third-order valence-electron chi connectivity index (χ3n) is 4.92. The first-order chi connectivity index (χ1) is 12.4. The molecule has 0 unspecified atom stereocenters. The summed E-state index contributed by atoms with van der Waals surface area (Å²) in [5.41, 5.74) is 4.99. The number of primary amides is 1. The van der Waals surface area contributed by atoms with Gasteiger partial charge in [-0.3, -0.25) is 19.0 Å². The highest BCUT2D eigenvalue weighted by atomic mass is 79.9. The second-order valence-electron chi connectivity index (χ2n) is 6.71. The van der Waals surface area contributed by atoms with E-state index in [1.165, 1.54) is 10.9 Å².